The van der Waals surface area contributed by atoms with Crippen molar-refractivity contribution >= 4 is 21.6 Å². The molecule has 0 saturated heterocycles. The van der Waals surface area contributed by atoms with Crippen molar-refractivity contribution in [1.82, 2.24) is 10.0 Å². The maximum Gasteiger partial charge on any atom is 0.241 e. The zero-order valence-electron chi connectivity index (χ0n) is 18.0. The van der Waals surface area contributed by atoms with Crippen LogP contribution in [0.1, 0.15) is 38.8 Å². The molecule has 0 saturated carbocycles. The molecule has 0 fully saturated rings. The summed E-state index contributed by atoms with van der Waals surface area (Å²) >= 11 is 0. The fourth-order valence-electron chi connectivity index (χ4n) is 2.74. The van der Waals surface area contributed by atoms with Crippen LogP contribution >= 0.6 is 0 Å². The Bertz CT molecular complexity index is 929. The van der Waals surface area contributed by atoms with Crippen LogP contribution < -0.4 is 14.9 Å². The largest absolute Gasteiger partial charge is 0.378 e. The Hall–Kier alpha value is -2.38. The third kappa shape index (κ3) is 6.30. The standard InChI is InChI=1S/C22H31N3O3S/c1-16(21(26)23-15-17-7-11-19(12-8-17)25(5)6)24-29(27,28)20-13-9-18(10-14-20)22(2,3)4/h7-14,16,24H,15H2,1-6H3,(H,23,26)/t16-/m0/s1. The quantitative estimate of drug-likeness (QED) is 0.726. The summed E-state index contributed by atoms with van der Waals surface area (Å²) in [6.45, 7) is 8.06. The van der Waals surface area contributed by atoms with Crippen molar-refractivity contribution in [2.24, 2.45) is 0 Å². The first-order valence-corrected chi connectivity index (χ1v) is 11.1. The molecule has 1 amide bonds. The van der Waals surface area contributed by atoms with E-state index in [0.29, 0.717) is 6.54 Å². The first-order valence-electron chi connectivity index (χ1n) is 9.57. The molecule has 2 rings (SSSR count). The van der Waals surface area contributed by atoms with Crippen LogP contribution in [0.3, 0.4) is 0 Å². The SMILES string of the molecule is C[C@H](NS(=O)(=O)c1ccc(C(C)(C)C)cc1)C(=O)NCc1ccc(N(C)C)cc1. The zero-order valence-corrected chi connectivity index (χ0v) is 18.8. The van der Waals surface area contributed by atoms with Crippen molar-refractivity contribution in [3.05, 3.63) is 59.7 Å². The number of sulfonamides is 1. The molecule has 0 bridgehead atoms. The van der Waals surface area contributed by atoms with Gasteiger partial charge in [0.1, 0.15) is 0 Å². The highest BCUT2D eigenvalue weighted by Gasteiger charge is 2.22. The molecule has 0 radical (unpaired) electrons. The highest BCUT2D eigenvalue weighted by molar-refractivity contribution is 7.89. The Labute approximate surface area is 174 Å². The minimum absolute atomic E-state index is 0.0619. The van der Waals surface area contributed by atoms with E-state index >= 15 is 0 Å². The Balaban J connectivity index is 1.97. The highest BCUT2D eigenvalue weighted by atomic mass is 32.2. The number of hydrogen-bond acceptors (Lipinski definition) is 4. The van der Waals surface area contributed by atoms with E-state index in [2.05, 4.69) is 30.8 Å². The van der Waals surface area contributed by atoms with Gasteiger partial charge in [-0.05, 0) is 47.7 Å². The Morgan fingerprint density at radius 3 is 2.03 bits per heavy atom. The van der Waals surface area contributed by atoms with Crippen molar-refractivity contribution in [3.63, 3.8) is 0 Å². The lowest BCUT2D eigenvalue weighted by Crippen LogP contribution is -2.44. The van der Waals surface area contributed by atoms with E-state index in [1.807, 2.05) is 43.3 Å². The van der Waals surface area contributed by atoms with Crippen molar-refractivity contribution in [2.75, 3.05) is 19.0 Å². The van der Waals surface area contributed by atoms with Gasteiger partial charge in [-0.2, -0.15) is 4.72 Å². The lowest BCUT2D eigenvalue weighted by Gasteiger charge is -2.19. The molecule has 6 nitrogen and oxygen atoms in total. The molecule has 1 atom stereocenters. The van der Waals surface area contributed by atoms with E-state index in [1.54, 1.807) is 24.3 Å². The average Bonchev–Trinajstić information content (AvgIpc) is 2.65. The molecule has 29 heavy (non-hydrogen) atoms. The van der Waals surface area contributed by atoms with E-state index in [0.717, 1.165) is 16.8 Å². The van der Waals surface area contributed by atoms with Gasteiger partial charge in [-0.25, -0.2) is 8.42 Å². The first kappa shape index (κ1) is 22.9. The lowest BCUT2D eigenvalue weighted by molar-refractivity contribution is -0.122. The van der Waals surface area contributed by atoms with Crippen LogP contribution in [0.2, 0.25) is 0 Å². The first-order chi connectivity index (χ1) is 13.4. The van der Waals surface area contributed by atoms with E-state index in [4.69, 9.17) is 0 Å². The second-order valence-electron chi connectivity index (χ2n) is 8.40. The Kier molecular flexibility index (Phi) is 7.08. The van der Waals surface area contributed by atoms with Gasteiger partial charge in [-0.1, -0.05) is 45.0 Å². The van der Waals surface area contributed by atoms with E-state index < -0.39 is 16.1 Å². The molecule has 0 aliphatic heterocycles. The molecule has 0 aliphatic rings. The molecule has 0 spiro atoms. The van der Waals surface area contributed by atoms with Gasteiger partial charge in [-0.15, -0.1) is 0 Å². The molecule has 7 heteroatoms. The zero-order chi connectivity index (χ0) is 21.8. The second kappa shape index (κ2) is 8.97. The predicted molar refractivity (Wildman–Crippen MR) is 118 cm³/mol. The van der Waals surface area contributed by atoms with Crippen LogP contribution in [0.5, 0.6) is 0 Å². The molecule has 0 heterocycles. The third-order valence-corrected chi connectivity index (χ3v) is 6.23. The van der Waals surface area contributed by atoms with Crippen LogP contribution in [0, 0.1) is 0 Å². The smallest absolute Gasteiger partial charge is 0.241 e. The summed E-state index contributed by atoms with van der Waals surface area (Å²) in [6, 6.07) is 13.7. The molecule has 158 valence electrons. The molecule has 0 unspecified atom stereocenters. The normalized spacial score (nSPS) is 13.0. The molecule has 0 aliphatic carbocycles. The highest BCUT2D eigenvalue weighted by Crippen LogP contribution is 2.23. The van der Waals surface area contributed by atoms with Crippen molar-refractivity contribution in [1.29, 1.82) is 0 Å². The predicted octanol–water partition coefficient (Wildman–Crippen LogP) is 3.03. The maximum absolute atomic E-state index is 12.6. The number of rotatable bonds is 7. The van der Waals surface area contributed by atoms with Gasteiger partial charge in [0, 0.05) is 26.3 Å². The number of carbonyl (C=O) groups is 1. The number of nitrogens with zero attached hydrogens (tertiary/aromatic N) is 1. The topological polar surface area (TPSA) is 78.5 Å². The molecule has 2 N–H and O–H groups in total. The number of carbonyl (C=O) groups excluding carboxylic acids is 1. The summed E-state index contributed by atoms with van der Waals surface area (Å²) < 4.78 is 27.6. The molecular weight excluding hydrogens is 386 g/mol. The molecule has 0 aromatic heterocycles. The number of nitrogens with one attached hydrogen (secondary N) is 2. The van der Waals surface area contributed by atoms with Crippen LogP contribution in [-0.4, -0.2) is 34.5 Å². The van der Waals surface area contributed by atoms with Gasteiger partial charge in [0.05, 0.1) is 10.9 Å². The third-order valence-electron chi connectivity index (χ3n) is 4.68. The van der Waals surface area contributed by atoms with Crippen molar-refractivity contribution in [3.8, 4) is 0 Å². The van der Waals surface area contributed by atoms with Crippen molar-refractivity contribution < 1.29 is 13.2 Å². The second-order valence-corrected chi connectivity index (χ2v) is 10.1. The van der Waals surface area contributed by atoms with Crippen LogP contribution in [-0.2, 0) is 26.8 Å². The number of hydrogen-bond donors (Lipinski definition) is 2. The van der Waals surface area contributed by atoms with Crippen LogP contribution in [0.4, 0.5) is 5.69 Å². The number of amides is 1. The summed E-state index contributed by atoms with van der Waals surface area (Å²) in [5.74, 6) is -0.378. The Morgan fingerprint density at radius 2 is 1.55 bits per heavy atom. The lowest BCUT2D eigenvalue weighted by atomic mass is 9.87. The summed E-state index contributed by atoms with van der Waals surface area (Å²) in [7, 11) is 0.138. The number of anilines is 1. The van der Waals surface area contributed by atoms with Gasteiger partial charge in [0.25, 0.3) is 0 Å². The van der Waals surface area contributed by atoms with Gasteiger partial charge in [-0.3, -0.25) is 4.79 Å². The van der Waals surface area contributed by atoms with E-state index in [-0.39, 0.29) is 16.2 Å². The summed E-state index contributed by atoms with van der Waals surface area (Å²) in [6.07, 6.45) is 0. The summed E-state index contributed by atoms with van der Waals surface area (Å²) in [5.41, 5.74) is 2.99. The van der Waals surface area contributed by atoms with E-state index in [1.165, 1.54) is 6.92 Å². The number of benzene rings is 2. The van der Waals surface area contributed by atoms with Gasteiger partial charge in [0.2, 0.25) is 15.9 Å². The van der Waals surface area contributed by atoms with Crippen molar-refractivity contribution in [2.45, 2.75) is 50.6 Å². The molecular formula is C22H31N3O3S. The minimum atomic E-state index is -3.78. The van der Waals surface area contributed by atoms with Gasteiger partial charge < -0.3 is 10.2 Å². The fraction of sp³-hybridized carbons (Fsp3) is 0.409. The monoisotopic (exact) mass is 417 g/mol. The van der Waals surface area contributed by atoms with Gasteiger partial charge in [0.15, 0.2) is 0 Å². The average molecular weight is 418 g/mol. The maximum atomic E-state index is 12.6. The van der Waals surface area contributed by atoms with E-state index in [9.17, 15) is 13.2 Å². The summed E-state index contributed by atoms with van der Waals surface area (Å²) in [4.78, 5) is 14.5. The molecule has 2 aromatic rings. The van der Waals surface area contributed by atoms with Crippen LogP contribution in [0.15, 0.2) is 53.4 Å². The van der Waals surface area contributed by atoms with Crippen LogP contribution in [0.25, 0.3) is 0 Å². The summed E-state index contributed by atoms with van der Waals surface area (Å²) in [5, 5.41) is 2.77. The Morgan fingerprint density at radius 1 is 1.00 bits per heavy atom. The fourth-order valence-corrected chi connectivity index (χ4v) is 3.95. The molecule has 2 aromatic carbocycles. The van der Waals surface area contributed by atoms with Gasteiger partial charge >= 0.3 is 0 Å². The minimum Gasteiger partial charge on any atom is -0.378 e.